The van der Waals surface area contributed by atoms with Crippen molar-refractivity contribution >= 4 is 0 Å². The van der Waals surface area contributed by atoms with Crippen LogP contribution in [0.1, 0.15) is 362 Å². The average Bonchev–Trinajstić information content (AvgIpc) is 3.36. The van der Waals surface area contributed by atoms with Gasteiger partial charge in [0.2, 0.25) is 0 Å². The van der Waals surface area contributed by atoms with Crippen LogP contribution in [-0.4, -0.2) is 35.1 Å². The van der Waals surface area contributed by atoms with E-state index >= 15 is 0 Å². The molecule has 0 aliphatic carbocycles. The summed E-state index contributed by atoms with van der Waals surface area (Å²) in [6, 6.07) is 0. The summed E-state index contributed by atoms with van der Waals surface area (Å²) < 4.78 is 0. The van der Waals surface area contributed by atoms with E-state index in [1.54, 1.807) is 0 Å². The third-order valence-electron chi connectivity index (χ3n) is 16.0. The number of rotatable bonds is 57. The van der Waals surface area contributed by atoms with Gasteiger partial charge in [-0.3, -0.25) is 0 Å². The molecule has 0 aliphatic heterocycles. The molecule has 0 heterocycles. The van der Waals surface area contributed by atoms with Gasteiger partial charge in [0.15, 0.2) is 0 Å². The SMILES string of the molecule is CCCCCCCCc1c(CCCCCCCCCCCCO)c(CCCCCCCC)c(CCCCCCCCCCCCO)c(CCCCCCCC)c1CCCCCCCCCCCCO. The van der Waals surface area contributed by atoms with Gasteiger partial charge in [0.1, 0.15) is 0 Å². The fourth-order valence-corrected chi connectivity index (χ4v) is 11.6. The molecule has 0 saturated carbocycles. The molecule has 0 aromatic heterocycles. The first-order valence-electron chi connectivity index (χ1n) is 32.2. The van der Waals surface area contributed by atoms with E-state index < -0.39 is 0 Å². The summed E-state index contributed by atoms with van der Waals surface area (Å²) in [6.45, 7) is 8.16. The summed E-state index contributed by atoms with van der Waals surface area (Å²) in [5.41, 5.74) is 11.3. The Labute approximate surface area is 434 Å². The minimum atomic E-state index is 0.356. The lowest BCUT2D eigenvalue weighted by Gasteiger charge is -2.28. The van der Waals surface area contributed by atoms with Crippen molar-refractivity contribution < 1.29 is 15.3 Å². The third kappa shape index (κ3) is 38.4. The Morgan fingerprint density at radius 2 is 0.275 bits per heavy atom. The Balaban J connectivity index is 3.59. The van der Waals surface area contributed by atoms with Gasteiger partial charge in [-0.05, 0) is 130 Å². The molecule has 1 aromatic rings. The van der Waals surface area contributed by atoms with Crippen LogP contribution >= 0.6 is 0 Å². The summed E-state index contributed by atoms with van der Waals surface area (Å²) in [5.74, 6) is 0. The second kappa shape index (κ2) is 53.4. The van der Waals surface area contributed by atoms with Crippen molar-refractivity contribution in [2.75, 3.05) is 19.8 Å². The Morgan fingerprint density at radius 3 is 0.406 bits per heavy atom. The van der Waals surface area contributed by atoms with E-state index in [9.17, 15) is 15.3 Å². The van der Waals surface area contributed by atoms with Crippen LogP contribution in [0.2, 0.25) is 0 Å². The smallest absolute Gasteiger partial charge is 0.0431 e. The highest BCUT2D eigenvalue weighted by Gasteiger charge is 2.23. The van der Waals surface area contributed by atoms with Crippen LogP contribution in [0.25, 0.3) is 0 Å². The maximum Gasteiger partial charge on any atom is 0.0431 e. The summed E-state index contributed by atoms with van der Waals surface area (Å²) in [5, 5.41) is 27.6. The number of aliphatic hydroxyl groups is 3. The molecule has 0 atom stereocenters. The van der Waals surface area contributed by atoms with Crippen molar-refractivity contribution in [2.24, 2.45) is 0 Å². The van der Waals surface area contributed by atoms with Crippen LogP contribution in [0.15, 0.2) is 0 Å². The predicted octanol–water partition coefficient (Wildman–Crippen LogP) is 20.7. The first-order chi connectivity index (χ1) is 34.2. The van der Waals surface area contributed by atoms with Gasteiger partial charge in [0.05, 0.1) is 0 Å². The van der Waals surface area contributed by atoms with Crippen LogP contribution in [0.4, 0.5) is 0 Å². The molecule has 69 heavy (non-hydrogen) atoms. The molecule has 0 fully saturated rings. The molecule has 1 rings (SSSR count). The Hall–Kier alpha value is -0.900. The lowest BCUT2D eigenvalue weighted by atomic mass is 9.77. The largest absolute Gasteiger partial charge is 0.396 e. The van der Waals surface area contributed by atoms with Gasteiger partial charge in [-0.1, -0.05) is 271 Å². The molecule has 3 heteroatoms. The van der Waals surface area contributed by atoms with E-state index in [4.69, 9.17) is 0 Å². The van der Waals surface area contributed by atoms with Crippen molar-refractivity contribution in [3.05, 3.63) is 33.4 Å². The van der Waals surface area contributed by atoms with E-state index in [0.717, 1.165) is 19.3 Å². The summed E-state index contributed by atoms with van der Waals surface area (Å²) >= 11 is 0. The molecule has 0 spiro atoms. The first-order valence-corrected chi connectivity index (χ1v) is 32.2. The molecule has 3 nitrogen and oxygen atoms in total. The van der Waals surface area contributed by atoms with Gasteiger partial charge in [0, 0.05) is 19.8 Å². The zero-order valence-corrected chi connectivity index (χ0v) is 47.6. The molecule has 1 aromatic carbocycles. The molecule has 0 bridgehead atoms. The zero-order valence-electron chi connectivity index (χ0n) is 47.6. The fraction of sp³-hybridized carbons (Fsp3) is 0.909. The van der Waals surface area contributed by atoms with Crippen molar-refractivity contribution in [1.29, 1.82) is 0 Å². The Kier molecular flexibility index (Phi) is 51.2. The minimum Gasteiger partial charge on any atom is -0.396 e. The van der Waals surface area contributed by atoms with Crippen LogP contribution in [0.3, 0.4) is 0 Å². The Bertz CT molecular complexity index is 1010. The van der Waals surface area contributed by atoms with Crippen LogP contribution in [0, 0.1) is 0 Å². The molecule has 0 radical (unpaired) electrons. The fourth-order valence-electron chi connectivity index (χ4n) is 11.6. The van der Waals surface area contributed by atoms with Crippen LogP contribution in [-0.2, 0) is 38.5 Å². The average molecular weight is 968 g/mol. The lowest BCUT2D eigenvalue weighted by Crippen LogP contribution is -2.15. The molecular formula is C66H126O3. The predicted molar refractivity (Wildman–Crippen MR) is 309 cm³/mol. The number of aliphatic hydroxyl groups excluding tert-OH is 3. The third-order valence-corrected chi connectivity index (χ3v) is 16.0. The van der Waals surface area contributed by atoms with Crippen molar-refractivity contribution in [3.63, 3.8) is 0 Å². The molecule has 408 valence electrons. The highest BCUT2D eigenvalue weighted by atomic mass is 16.3. The van der Waals surface area contributed by atoms with E-state index in [0.29, 0.717) is 19.8 Å². The standard InChI is InChI=1S/C66H126O3/c1-4-7-10-13-34-43-52-61-64(55-46-37-28-22-16-19-25-31-40-49-58-67)62(53-44-35-14-11-8-5-2)66(57-48-39-30-24-18-21-27-33-42-51-60-69)63(54-45-36-15-12-9-6-3)65(61)56-47-38-29-23-17-20-26-32-41-50-59-68/h67-69H,4-60H2,1-3H3. The summed E-state index contributed by atoms with van der Waals surface area (Å²) in [4.78, 5) is 0. The minimum absolute atomic E-state index is 0.356. The summed E-state index contributed by atoms with van der Waals surface area (Å²) in [6.07, 6.45) is 72.5. The lowest BCUT2D eigenvalue weighted by molar-refractivity contribution is 0.282. The van der Waals surface area contributed by atoms with Gasteiger partial charge in [-0.15, -0.1) is 0 Å². The molecule has 0 saturated heterocycles. The first kappa shape index (κ1) is 66.1. The maximum atomic E-state index is 9.18. The van der Waals surface area contributed by atoms with E-state index in [1.807, 2.05) is 33.4 Å². The second-order valence-corrected chi connectivity index (χ2v) is 22.5. The van der Waals surface area contributed by atoms with Crippen LogP contribution < -0.4 is 0 Å². The van der Waals surface area contributed by atoms with Gasteiger partial charge < -0.3 is 15.3 Å². The van der Waals surface area contributed by atoms with Gasteiger partial charge in [-0.2, -0.15) is 0 Å². The number of benzene rings is 1. The van der Waals surface area contributed by atoms with Crippen molar-refractivity contribution in [2.45, 2.75) is 367 Å². The van der Waals surface area contributed by atoms with E-state index in [2.05, 4.69) is 20.8 Å². The number of unbranched alkanes of at least 4 members (excludes halogenated alkanes) is 42. The van der Waals surface area contributed by atoms with Crippen LogP contribution in [0.5, 0.6) is 0 Å². The molecule has 3 N–H and O–H groups in total. The molecule has 0 unspecified atom stereocenters. The maximum absolute atomic E-state index is 9.18. The van der Waals surface area contributed by atoms with E-state index in [-0.39, 0.29) is 0 Å². The molecular weight excluding hydrogens is 841 g/mol. The van der Waals surface area contributed by atoms with E-state index in [1.165, 1.54) is 327 Å². The highest BCUT2D eigenvalue weighted by Crippen LogP contribution is 2.37. The van der Waals surface area contributed by atoms with Gasteiger partial charge in [-0.25, -0.2) is 0 Å². The highest BCUT2D eigenvalue weighted by molar-refractivity contribution is 5.53. The molecule has 0 aliphatic rings. The van der Waals surface area contributed by atoms with Gasteiger partial charge >= 0.3 is 0 Å². The quantitative estimate of drug-likeness (QED) is 0.0570. The number of hydrogen-bond donors (Lipinski definition) is 3. The van der Waals surface area contributed by atoms with Gasteiger partial charge in [0.25, 0.3) is 0 Å². The topological polar surface area (TPSA) is 60.7 Å². The Morgan fingerprint density at radius 1 is 0.159 bits per heavy atom. The second-order valence-electron chi connectivity index (χ2n) is 22.5. The monoisotopic (exact) mass is 967 g/mol. The number of hydrogen-bond acceptors (Lipinski definition) is 3. The normalized spacial score (nSPS) is 11.7. The summed E-state index contributed by atoms with van der Waals surface area (Å²) in [7, 11) is 0. The molecule has 0 amide bonds. The zero-order chi connectivity index (χ0) is 49.8. The van der Waals surface area contributed by atoms with Crippen molar-refractivity contribution in [1.82, 2.24) is 0 Å². The van der Waals surface area contributed by atoms with Crippen molar-refractivity contribution in [3.8, 4) is 0 Å².